The van der Waals surface area contributed by atoms with Crippen molar-refractivity contribution in [2.75, 3.05) is 0 Å². The third-order valence-corrected chi connectivity index (χ3v) is 1.02. The maximum Gasteiger partial charge on any atom is 0.0988 e. The van der Waals surface area contributed by atoms with E-state index in [0.717, 1.165) is 4.61 Å². The Morgan fingerprint density at radius 3 is 2.86 bits per heavy atom. The van der Waals surface area contributed by atoms with Crippen LogP contribution in [0.4, 0.5) is 0 Å². The van der Waals surface area contributed by atoms with Gasteiger partial charge in [0.2, 0.25) is 0 Å². The fourth-order valence-electron chi connectivity index (χ4n) is 0.307. The van der Waals surface area contributed by atoms with Crippen LogP contribution in [0.5, 0.6) is 0 Å². The fourth-order valence-corrected chi connectivity index (χ4v) is 0.562. The number of allylic oxidation sites excluding steroid dienone is 2. The monoisotopic (exact) mass is 159 g/mol. The first-order valence-corrected chi connectivity index (χ1v) is 2.67. The summed E-state index contributed by atoms with van der Waals surface area (Å²) in [6.07, 6.45) is 5.42. The summed E-state index contributed by atoms with van der Waals surface area (Å²) in [5.74, 6) is 0. The Balaban J connectivity index is 2.57. The molecule has 0 aromatic carbocycles. The largest absolute Gasteiger partial charge is 0.271 e. The molecule has 7 heavy (non-hydrogen) atoms. The Morgan fingerprint density at radius 1 is 1.71 bits per heavy atom. The van der Waals surface area contributed by atoms with Crippen molar-refractivity contribution in [1.29, 1.82) is 0 Å². The molecule has 3 heteroatoms. The predicted molar refractivity (Wildman–Crippen MR) is 31.4 cm³/mol. The first-order valence-electron chi connectivity index (χ1n) is 1.88. The van der Waals surface area contributed by atoms with Crippen molar-refractivity contribution in [1.82, 2.24) is 10.9 Å². The molecule has 0 aromatic heterocycles. The van der Waals surface area contributed by atoms with Crippen LogP contribution in [0.25, 0.3) is 0 Å². The minimum Gasteiger partial charge on any atom is -0.271 e. The van der Waals surface area contributed by atoms with E-state index in [0.29, 0.717) is 0 Å². The highest BCUT2D eigenvalue weighted by molar-refractivity contribution is 9.11. The number of halogens is 1. The molecule has 0 saturated heterocycles. The molecule has 1 N–H and O–H groups in total. The second kappa shape index (κ2) is 2.02. The van der Waals surface area contributed by atoms with Crippen molar-refractivity contribution in [2.45, 2.75) is 0 Å². The lowest BCUT2D eigenvalue weighted by Crippen LogP contribution is -2.17. The molecular formula is C4H4BrN2. The molecule has 37 valence electrons. The van der Waals surface area contributed by atoms with Gasteiger partial charge in [-0.25, -0.2) is 0 Å². The molecular weight excluding hydrogens is 156 g/mol. The lowest BCUT2D eigenvalue weighted by atomic mass is 10.5. The first kappa shape index (κ1) is 4.71. The van der Waals surface area contributed by atoms with Gasteiger partial charge in [-0.15, -0.1) is 0 Å². The standard InChI is InChI=1S/C4H4BrN2/c5-4-2-1-3-6-7-4/h1-3,7H. The van der Waals surface area contributed by atoms with Crippen molar-refractivity contribution in [2.24, 2.45) is 0 Å². The molecule has 1 aliphatic heterocycles. The van der Waals surface area contributed by atoms with Crippen molar-refractivity contribution in [3.05, 3.63) is 23.0 Å². The van der Waals surface area contributed by atoms with Crippen molar-refractivity contribution >= 4 is 15.9 Å². The molecule has 0 atom stereocenters. The van der Waals surface area contributed by atoms with E-state index in [4.69, 9.17) is 0 Å². The Bertz CT molecular complexity index is 117. The summed E-state index contributed by atoms with van der Waals surface area (Å²) in [7, 11) is 0. The quantitative estimate of drug-likeness (QED) is 0.522. The number of hydrogen-bond donors (Lipinski definition) is 1. The van der Waals surface area contributed by atoms with Crippen LogP contribution in [0.1, 0.15) is 0 Å². The van der Waals surface area contributed by atoms with Gasteiger partial charge in [-0.2, -0.15) is 5.43 Å². The van der Waals surface area contributed by atoms with Crippen LogP contribution in [0.2, 0.25) is 0 Å². The number of hydrogen-bond acceptors (Lipinski definition) is 1. The molecule has 1 aliphatic rings. The van der Waals surface area contributed by atoms with E-state index in [2.05, 4.69) is 26.8 Å². The first-order chi connectivity index (χ1) is 3.39. The Labute approximate surface area is 50.4 Å². The average Bonchev–Trinajstić information content (AvgIpc) is 1.69. The molecule has 0 amide bonds. The Morgan fingerprint density at radius 2 is 2.57 bits per heavy atom. The molecule has 0 aliphatic carbocycles. The molecule has 1 rings (SSSR count). The van der Waals surface area contributed by atoms with E-state index >= 15 is 0 Å². The van der Waals surface area contributed by atoms with Crippen LogP contribution in [0.3, 0.4) is 0 Å². The van der Waals surface area contributed by atoms with Crippen LogP contribution in [-0.2, 0) is 0 Å². The molecule has 0 bridgehead atoms. The van der Waals surface area contributed by atoms with E-state index < -0.39 is 0 Å². The molecule has 2 nitrogen and oxygen atoms in total. The number of nitrogens with one attached hydrogen (secondary N) is 1. The summed E-state index contributed by atoms with van der Waals surface area (Å²) in [5, 5.41) is 0. The summed E-state index contributed by atoms with van der Waals surface area (Å²) in [4.78, 5) is 0. The maximum absolute atomic E-state index is 3.71. The average molecular weight is 160 g/mol. The highest BCUT2D eigenvalue weighted by Gasteiger charge is 1.88. The molecule has 0 unspecified atom stereocenters. The van der Waals surface area contributed by atoms with Crippen LogP contribution < -0.4 is 10.9 Å². The molecule has 0 aromatic rings. The van der Waals surface area contributed by atoms with E-state index in [1.807, 2.05) is 12.2 Å². The van der Waals surface area contributed by atoms with Gasteiger partial charge in [0.15, 0.2) is 0 Å². The van der Waals surface area contributed by atoms with Gasteiger partial charge in [-0.1, -0.05) is 0 Å². The van der Waals surface area contributed by atoms with Crippen LogP contribution in [-0.4, -0.2) is 0 Å². The fraction of sp³-hybridized carbons (Fsp3) is 0. The zero-order valence-electron chi connectivity index (χ0n) is 3.56. The van der Waals surface area contributed by atoms with E-state index in [1.165, 1.54) is 0 Å². The van der Waals surface area contributed by atoms with Gasteiger partial charge in [0.05, 0.1) is 4.61 Å². The van der Waals surface area contributed by atoms with Crippen molar-refractivity contribution < 1.29 is 0 Å². The van der Waals surface area contributed by atoms with Crippen molar-refractivity contribution in [3.8, 4) is 0 Å². The molecule has 0 spiro atoms. The molecule has 1 radical (unpaired) electrons. The molecule has 1 heterocycles. The van der Waals surface area contributed by atoms with E-state index in [9.17, 15) is 0 Å². The lowest BCUT2D eigenvalue weighted by molar-refractivity contribution is 0.742. The minimum absolute atomic E-state index is 0.898. The van der Waals surface area contributed by atoms with Crippen LogP contribution in [0.15, 0.2) is 23.0 Å². The number of nitrogens with zero attached hydrogens (tertiary/aromatic N) is 1. The van der Waals surface area contributed by atoms with Gasteiger partial charge in [0.1, 0.15) is 0 Å². The third kappa shape index (κ3) is 1.23. The minimum atomic E-state index is 0.898. The summed E-state index contributed by atoms with van der Waals surface area (Å²) >= 11 is 3.19. The summed E-state index contributed by atoms with van der Waals surface area (Å²) in [5.41, 5.74) is 6.41. The topological polar surface area (TPSA) is 26.1 Å². The van der Waals surface area contributed by atoms with Crippen molar-refractivity contribution in [3.63, 3.8) is 0 Å². The maximum atomic E-state index is 3.71. The second-order valence-corrected chi connectivity index (χ2v) is 1.95. The lowest BCUT2D eigenvalue weighted by Gasteiger charge is -2.01. The van der Waals surface area contributed by atoms with Crippen LogP contribution >= 0.6 is 15.9 Å². The predicted octanol–water partition coefficient (Wildman–Crippen LogP) is 0.859. The van der Waals surface area contributed by atoms with Gasteiger partial charge < -0.3 is 0 Å². The van der Waals surface area contributed by atoms with Gasteiger partial charge in [0.25, 0.3) is 0 Å². The Kier molecular flexibility index (Phi) is 1.36. The number of rotatable bonds is 0. The highest BCUT2D eigenvalue weighted by atomic mass is 79.9. The zero-order valence-corrected chi connectivity index (χ0v) is 5.14. The zero-order chi connectivity index (χ0) is 5.11. The van der Waals surface area contributed by atoms with E-state index in [1.54, 1.807) is 6.20 Å². The smallest absolute Gasteiger partial charge is 0.0988 e. The Hall–Kier alpha value is -0.440. The third-order valence-electron chi connectivity index (χ3n) is 0.575. The van der Waals surface area contributed by atoms with Gasteiger partial charge in [0, 0.05) is 6.20 Å². The molecule has 0 saturated carbocycles. The summed E-state index contributed by atoms with van der Waals surface area (Å²) < 4.78 is 0.898. The van der Waals surface area contributed by atoms with Crippen LogP contribution in [0, 0.1) is 0 Å². The summed E-state index contributed by atoms with van der Waals surface area (Å²) in [6, 6.07) is 0. The SMILES string of the molecule is BrC1=CC=C[N]N1. The van der Waals surface area contributed by atoms with Gasteiger partial charge in [-0.3, -0.25) is 5.43 Å². The molecule has 0 fully saturated rings. The highest BCUT2D eigenvalue weighted by Crippen LogP contribution is 2.00. The normalized spacial score (nSPS) is 17.0. The van der Waals surface area contributed by atoms with Gasteiger partial charge >= 0.3 is 0 Å². The van der Waals surface area contributed by atoms with E-state index in [-0.39, 0.29) is 0 Å². The second-order valence-electron chi connectivity index (χ2n) is 1.10. The summed E-state index contributed by atoms with van der Waals surface area (Å²) in [6.45, 7) is 0. The van der Waals surface area contributed by atoms with Gasteiger partial charge in [-0.05, 0) is 28.1 Å².